The van der Waals surface area contributed by atoms with Crippen LogP contribution in [0.15, 0.2) is 83.3 Å². The van der Waals surface area contributed by atoms with E-state index in [9.17, 15) is 4.79 Å². The van der Waals surface area contributed by atoms with Crippen LogP contribution in [0.2, 0.25) is 0 Å². The smallest absolute Gasteiger partial charge is 0.333 e. The summed E-state index contributed by atoms with van der Waals surface area (Å²) in [5.41, 5.74) is 3.86. The molecule has 5 nitrogen and oxygen atoms in total. The van der Waals surface area contributed by atoms with E-state index in [0.717, 1.165) is 27.9 Å². The maximum atomic E-state index is 12.6. The van der Waals surface area contributed by atoms with Crippen molar-refractivity contribution in [3.8, 4) is 11.5 Å². The van der Waals surface area contributed by atoms with Gasteiger partial charge in [-0.05, 0) is 36.8 Å². The van der Waals surface area contributed by atoms with Gasteiger partial charge in [0.05, 0.1) is 12.2 Å². The summed E-state index contributed by atoms with van der Waals surface area (Å²) < 4.78 is 11.2. The Morgan fingerprint density at radius 1 is 1.00 bits per heavy atom. The van der Waals surface area contributed by atoms with Gasteiger partial charge in [-0.1, -0.05) is 54.6 Å². The highest BCUT2D eigenvalue weighted by atomic mass is 16.5. The van der Waals surface area contributed by atoms with E-state index in [-0.39, 0.29) is 5.97 Å². The number of aromatic nitrogens is 1. The van der Waals surface area contributed by atoms with Crippen LogP contribution in [0.1, 0.15) is 18.5 Å². The van der Waals surface area contributed by atoms with Gasteiger partial charge in [-0.15, -0.1) is 0 Å². The topological polar surface area (TPSA) is 64.4 Å². The van der Waals surface area contributed by atoms with Gasteiger partial charge in [0, 0.05) is 5.69 Å². The SMILES string of the molecule is CCOC(=O)C(Nc1ccccc1-c1nc2ccccc2o1)c1ccccc1. The second-order valence-electron chi connectivity index (χ2n) is 6.27. The lowest BCUT2D eigenvalue weighted by molar-refractivity contribution is -0.144. The maximum Gasteiger partial charge on any atom is 0.333 e. The third-order valence-corrected chi connectivity index (χ3v) is 4.41. The van der Waals surface area contributed by atoms with Crippen LogP contribution >= 0.6 is 0 Å². The lowest BCUT2D eigenvalue weighted by Gasteiger charge is -2.20. The molecule has 28 heavy (non-hydrogen) atoms. The van der Waals surface area contributed by atoms with Crippen LogP contribution < -0.4 is 5.32 Å². The molecule has 4 aromatic rings. The molecule has 1 N–H and O–H groups in total. The molecule has 0 amide bonds. The van der Waals surface area contributed by atoms with Gasteiger partial charge in [0.25, 0.3) is 0 Å². The number of ether oxygens (including phenoxy) is 1. The van der Waals surface area contributed by atoms with E-state index in [1.807, 2.05) is 78.9 Å². The molecule has 0 bridgehead atoms. The first kappa shape index (κ1) is 17.8. The molecule has 140 valence electrons. The number of carbonyl (C=O) groups is 1. The van der Waals surface area contributed by atoms with E-state index >= 15 is 0 Å². The number of fused-ring (bicyclic) bond motifs is 1. The lowest BCUT2D eigenvalue weighted by atomic mass is 10.1. The molecule has 1 heterocycles. The van der Waals surface area contributed by atoms with Crippen molar-refractivity contribution in [3.63, 3.8) is 0 Å². The molecule has 3 aromatic carbocycles. The molecule has 1 unspecified atom stereocenters. The number of oxazole rings is 1. The van der Waals surface area contributed by atoms with E-state index in [1.54, 1.807) is 6.92 Å². The van der Waals surface area contributed by atoms with Crippen molar-refractivity contribution in [2.75, 3.05) is 11.9 Å². The van der Waals surface area contributed by atoms with Crippen molar-refractivity contribution in [2.24, 2.45) is 0 Å². The minimum atomic E-state index is -0.633. The molecule has 0 radical (unpaired) electrons. The Bertz CT molecular complexity index is 1060. The Balaban J connectivity index is 1.73. The van der Waals surface area contributed by atoms with Gasteiger partial charge in [0.15, 0.2) is 11.6 Å². The molecule has 0 aliphatic heterocycles. The van der Waals surface area contributed by atoms with Crippen molar-refractivity contribution in [1.82, 2.24) is 4.98 Å². The predicted molar refractivity (Wildman–Crippen MR) is 109 cm³/mol. The van der Waals surface area contributed by atoms with Gasteiger partial charge in [-0.3, -0.25) is 0 Å². The Morgan fingerprint density at radius 2 is 1.71 bits per heavy atom. The monoisotopic (exact) mass is 372 g/mol. The van der Waals surface area contributed by atoms with Gasteiger partial charge in [0.1, 0.15) is 5.52 Å². The molecule has 0 spiro atoms. The second kappa shape index (κ2) is 7.96. The second-order valence-corrected chi connectivity index (χ2v) is 6.27. The number of carbonyl (C=O) groups excluding carboxylic acids is 1. The molecular formula is C23H20N2O3. The zero-order valence-corrected chi connectivity index (χ0v) is 15.5. The molecule has 0 fully saturated rings. The zero-order valence-electron chi connectivity index (χ0n) is 15.5. The van der Waals surface area contributed by atoms with Crippen LogP contribution in [0.25, 0.3) is 22.6 Å². The fourth-order valence-electron chi connectivity index (χ4n) is 3.09. The third-order valence-electron chi connectivity index (χ3n) is 4.41. The number of para-hydroxylation sites is 3. The normalized spacial score (nSPS) is 11.9. The standard InChI is InChI=1S/C23H20N2O3/c1-2-27-23(26)21(16-10-4-3-5-11-16)24-18-13-7-6-12-17(18)22-25-19-14-8-9-15-20(19)28-22/h3-15,21,24H,2H2,1H3. The van der Waals surface area contributed by atoms with Crippen molar-refractivity contribution in [3.05, 3.63) is 84.4 Å². The number of nitrogens with zero attached hydrogens (tertiary/aromatic N) is 1. The van der Waals surface area contributed by atoms with Crippen LogP contribution in [-0.4, -0.2) is 17.6 Å². The van der Waals surface area contributed by atoms with Gasteiger partial charge in [-0.2, -0.15) is 0 Å². The molecule has 4 rings (SSSR count). The molecule has 0 aliphatic rings. The third kappa shape index (κ3) is 3.60. The number of anilines is 1. The number of benzene rings is 3. The highest BCUT2D eigenvalue weighted by Gasteiger charge is 2.23. The summed E-state index contributed by atoms with van der Waals surface area (Å²) in [6, 6.07) is 24.1. The quantitative estimate of drug-likeness (QED) is 0.471. The fraction of sp³-hybridized carbons (Fsp3) is 0.130. The van der Waals surface area contributed by atoms with Crippen LogP contribution in [0.5, 0.6) is 0 Å². The Labute approximate surface area is 163 Å². The van der Waals surface area contributed by atoms with Crippen molar-refractivity contribution < 1.29 is 13.9 Å². The van der Waals surface area contributed by atoms with Crippen LogP contribution in [0, 0.1) is 0 Å². The zero-order chi connectivity index (χ0) is 19.3. The van der Waals surface area contributed by atoms with E-state index in [0.29, 0.717) is 12.5 Å². The largest absolute Gasteiger partial charge is 0.464 e. The molecule has 1 aromatic heterocycles. The molecule has 0 saturated carbocycles. The number of hydrogen-bond donors (Lipinski definition) is 1. The minimum Gasteiger partial charge on any atom is -0.464 e. The van der Waals surface area contributed by atoms with Crippen LogP contribution in [0.3, 0.4) is 0 Å². The summed E-state index contributed by atoms with van der Waals surface area (Å²) in [6.07, 6.45) is 0. The van der Waals surface area contributed by atoms with Crippen LogP contribution in [0.4, 0.5) is 5.69 Å². The molecule has 1 atom stereocenters. The van der Waals surface area contributed by atoms with Gasteiger partial charge >= 0.3 is 5.97 Å². The summed E-state index contributed by atoms with van der Waals surface area (Å²) >= 11 is 0. The average molecular weight is 372 g/mol. The molecule has 5 heteroatoms. The van der Waals surface area contributed by atoms with E-state index in [4.69, 9.17) is 9.15 Å². The van der Waals surface area contributed by atoms with Crippen molar-refractivity contribution in [2.45, 2.75) is 13.0 Å². The van der Waals surface area contributed by atoms with Crippen molar-refractivity contribution in [1.29, 1.82) is 0 Å². The molecule has 0 aliphatic carbocycles. The summed E-state index contributed by atoms with van der Waals surface area (Å²) in [6.45, 7) is 2.11. The van der Waals surface area contributed by atoms with Gasteiger partial charge in [0.2, 0.25) is 5.89 Å². The number of rotatable bonds is 6. The summed E-state index contributed by atoms with van der Waals surface area (Å²) in [4.78, 5) is 17.2. The van der Waals surface area contributed by atoms with E-state index in [2.05, 4.69) is 10.3 Å². The van der Waals surface area contributed by atoms with Gasteiger partial charge < -0.3 is 14.5 Å². The fourth-order valence-corrected chi connectivity index (χ4v) is 3.09. The first-order valence-electron chi connectivity index (χ1n) is 9.19. The number of esters is 1. The number of nitrogens with one attached hydrogen (secondary N) is 1. The van der Waals surface area contributed by atoms with Gasteiger partial charge in [-0.25, -0.2) is 9.78 Å². The Morgan fingerprint density at radius 3 is 2.50 bits per heavy atom. The predicted octanol–water partition coefficient (Wildman–Crippen LogP) is 5.21. The lowest BCUT2D eigenvalue weighted by Crippen LogP contribution is -2.23. The number of hydrogen-bond acceptors (Lipinski definition) is 5. The highest BCUT2D eigenvalue weighted by Crippen LogP contribution is 2.32. The maximum absolute atomic E-state index is 12.6. The van der Waals surface area contributed by atoms with Crippen molar-refractivity contribution >= 4 is 22.8 Å². The summed E-state index contributed by atoms with van der Waals surface area (Å²) in [5.74, 6) is 0.168. The first-order valence-corrected chi connectivity index (χ1v) is 9.19. The average Bonchev–Trinajstić information content (AvgIpc) is 3.17. The summed E-state index contributed by atoms with van der Waals surface area (Å²) in [7, 11) is 0. The molecular weight excluding hydrogens is 352 g/mol. The first-order chi connectivity index (χ1) is 13.8. The highest BCUT2D eigenvalue weighted by molar-refractivity contribution is 5.85. The Kier molecular flexibility index (Phi) is 5.06. The van der Waals surface area contributed by atoms with E-state index in [1.165, 1.54) is 0 Å². The minimum absolute atomic E-state index is 0.316. The molecule has 0 saturated heterocycles. The summed E-state index contributed by atoms with van der Waals surface area (Å²) in [5, 5.41) is 3.32. The van der Waals surface area contributed by atoms with E-state index < -0.39 is 6.04 Å². The Hall–Kier alpha value is -3.60. The van der Waals surface area contributed by atoms with Crippen LogP contribution in [-0.2, 0) is 9.53 Å².